The van der Waals surface area contributed by atoms with E-state index in [-0.39, 0.29) is 12.0 Å². The van der Waals surface area contributed by atoms with E-state index in [1.54, 1.807) is 51.8 Å². The standard InChI is InChI=1S/C20H25N3O5/c1-25-16-10-14(11-17(26-2)19(16)27-3)23-18-9-13(6-7-21-18)20(24)22-12-15-5-4-8-28-15/h6-7,9-11,15H,4-5,8,12H2,1-3H3,(H,21,23)(H,22,24). The monoisotopic (exact) mass is 387 g/mol. The summed E-state index contributed by atoms with van der Waals surface area (Å²) in [4.78, 5) is 16.7. The first-order valence-electron chi connectivity index (χ1n) is 9.07. The Kier molecular flexibility index (Phi) is 6.54. The molecule has 2 heterocycles. The number of ether oxygens (including phenoxy) is 4. The van der Waals surface area contributed by atoms with Crippen molar-refractivity contribution in [3.63, 3.8) is 0 Å². The highest BCUT2D eigenvalue weighted by atomic mass is 16.5. The number of rotatable bonds is 8. The van der Waals surface area contributed by atoms with E-state index in [1.165, 1.54) is 0 Å². The van der Waals surface area contributed by atoms with Crippen molar-refractivity contribution in [2.45, 2.75) is 18.9 Å². The summed E-state index contributed by atoms with van der Waals surface area (Å²) in [7, 11) is 4.66. The summed E-state index contributed by atoms with van der Waals surface area (Å²) in [6.07, 6.45) is 3.70. The topological polar surface area (TPSA) is 90.9 Å². The van der Waals surface area contributed by atoms with Crippen LogP contribution in [0.5, 0.6) is 17.2 Å². The van der Waals surface area contributed by atoms with Crippen molar-refractivity contribution in [3.05, 3.63) is 36.0 Å². The van der Waals surface area contributed by atoms with Crippen LogP contribution in [0.2, 0.25) is 0 Å². The predicted molar refractivity (Wildman–Crippen MR) is 105 cm³/mol. The number of amides is 1. The smallest absolute Gasteiger partial charge is 0.251 e. The van der Waals surface area contributed by atoms with E-state index in [1.807, 2.05) is 0 Å². The zero-order valence-electron chi connectivity index (χ0n) is 16.3. The van der Waals surface area contributed by atoms with Gasteiger partial charge >= 0.3 is 0 Å². The highest BCUT2D eigenvalue weighted by Gasteiger charge is 2.17. The second-order valence-corrected chi connectivity index (χ2v) is 6.31. The molecule has 150 valence electrons. The van der Waals surface area contributed by atoms with Crippen LogP contribution in [-0.2, 0) is 4.74 Å². The van der Waals surface area contributed by atoms with Crippen molar-refractivity contribution in [1.29, 1.82) is 0 Å². The van der Waals surface area contributed by atoms with Gasteiger partial charge in [0.1, 0.15) is 5.82 Å². The van der Waals surface area contributed by atoms with Crippen LogP contribution in [-0.4, -0.2) is 51.5 Å². The largest absolute Gasteiger partial charge is 0.493 e. The van der Waals surface area contributed by atoms with Gasteiger partial charge in [-0.05, 0) is 25.0 Å². The molecule has 1 unspecified atom stereocenters. The molecule has 1 fully saturated rings. The van der Waals surface area contributed by atoms with Gasteiger partial charge in [0.25, 0.3) is 5.91 Å². The highest BCUT2D eigenvalue weighted by molar-refractivity contribution is 5.95. The Morgan fingerprint density at radius 1 is 1.18 bits per heavy atom. The Balaban J connectivity index is 1.72. The summed E-state index contributed by atoms with van der Waals surface area (Å²) >= 11 is 0. The maximum atomic E-state index is 12.4. The van der Waals surface area contributed by atoms with Crippen LogP contribution in [0.3, 0.4) is 0 Å². The Morgan fingerprint density at radius 2 is 1.93 bits per heavy atom. The van der Waals surface area contributed by atoms with Crippen LogP contribution >= 0.6 is 0 Å². The molecule has 1 saturated heterocycles. The fourth-order valence-corrected chi connectivity index (χ4v) is 3.06. The normalized spacial score (nSPS) is 15.8. The lowest BCUT2D eigenvalue weighted by Gasteiger charge is -2.15. The number of hydrogen-bond donors (Lipinski definition) is 2. The summed E-state index contributed by atoms with van der Waals surface area (Å²) in [6, 6.07) is 6.90. The Bertz CT molecular complexity index is 796. The zero-order valence-corrected chi connectivity index (χ0v) is 16.3. The number of aromatic nitrogens is 1. The van der Waals surface area contributed by atoms with Gasteiger partial charge in [0.15, 0.2) is 11.5 Å². The number of benzene rings is 1. The van der Waals surface area contributed by atoms with Gasteiger partial charge in [-0.1, -0.05) is 0 Å². The summed E-state index contributed by atoms with van der Waals surface area (Å²) < 4.78 is 21.6. The average Bonchev–Trinajstić information content (AvgIpc) is 3.25. The number of pyridine rings is 1. The number of nitrogens with zero attached hydrogens (tertiary/aromatic N) is 1. The second-order valence-electron chi connectivity index (χ2n) is 6.31. The minimum atomic E-state index is -0.161. The molecule has 0 aliphatic carbocycles. The number of carbonyl (C=O) groups is 1. The first-order chi connectivity index (χ1) is 13.6. The van der Waals surface area contributed by atoms with Crippen LogP contribution < -0.4 is 24.8 Å². The quantitative estimate of drug-likeness (QED) is 0.720. The molecule has 1 aliphatic heterocycles. The van der Waals surface area contributed by atoms with Gasteiger partial charge in [0.2, 0.25) is 5.75 Å². The number of anilines is 2. The Morgan fingerprint density at radius 3 is 2.54 bits per heavy atom. The maximum absolute atomic E-state index is 12.4. The first-order valence-corrected chi connectivity index (χ1v) is 9.07. The molecular weight excluding hydrogens is 362 g/mol. The van der Waals surface area contributed by atoms with Crippen molar-refractivity contribution in [1.82, 2.24) is 10.3 Å². The van der Waals surface area contributed by atoms with Crippen molar-refractivity contribution >= 4 is 17.4 Å². The molecule has 28 heavy (non-hydrogen) atoms. The lowest BCUT2D eigenvalue weighted by Crippen LogP contribution is -2.31. The van der Waals surface area contributed by atoms with E-state index in [0.717, 1.165) is 19.4 Å². The third-order valence-electron chi connectivity index (χ3n) is 4.47. The molecule has 1 aromatic carbocycles. The molecule has 0 bridgehead atoms. The van der Waals surface area contributed by atoms with Gasteiger partial charge in [0, 0.05) is 42.7 Å². The van der Waals surface area contributed by atoms with E-state index in [4.69, 9.17) is 18.9 Å². The number of carbonyl (C=O) groups excluding carboxylic acids is 1. The van der Waals surface area contributed by atoms with Crippen LogP contribution in [0.4, 0.5) is 11.5 Å². The molecule has 1 aromatic heterocycles. The summed E-state index contributed by atoms with van der Waals surface area (Å²) in [5.41, 5.74) is 1.21. The average molecular weight is 387 g/mol. The molecule has 1 atom stereocenters. The van der Waals surface area contributed by atoms with E-state index in [2.05, 4.69) is 15.6 Å². The van der Waals surface area contributed by atoms with Crippen molar-refractivity contribution in [2.75, 3.05) is 39.8 Å². The third-order valence-corrected chi connectivity index (χ3v) is 4.47. The Labute approximate surface area is 164 Å². The molecule has 3 rings (SSSR count). The minimum absolute atomic E-state index is 0.0996. The molecule has 8 heteroatoms. The minimum Gasteiger partial charge on any atom is -0.493 e. The molecule has 0 radical (unpaired) electrons. The molecule has 1 aliphatic rings. The predicted octanol–water partition coefficient (Wildman–Crippen LogP) is 2.76. The van der Waals surface area contributed by atoms with E-state index < -0.39 is 0 Å². The SMILES string of the molecule is COc1cc(Nc2cc(C(=O)NCC3CCCO3)ccn2)cc(OC)c1OC. The van der Waals surface area contributed by atoms with Crippen LogP contribution in [0.15, 0.2) is 30.5 Å². The van der Waals surface area contributed by atoms with Crippen LogP contribution in [0.1, 0.15) is 23.2 Å². The van der Waals surface area contributed by atoms with Crippen LogP contribution in [0.25, 0.3) is 0 Å². The lowest BCUT2D eigenvalue weighted by atomic mass is 10.2. The molecule has 1 amide bonds. The van der Waals surface area contributed by atoms with Gasteiger partial charge < -0.3 is 29.6 Å². The number of hydrogen-bond acceptors (Lipinski definition) is 7. The fourth-order valence-electron chi connectivity index (χ4n) is 3.06. The van der Waals surface area contributed by atoms with Crippen molar-refractivity contribution in [2.24, 2.45) is 0 Å². The summed E-state index contributed by atoms with van der Waals surface area (Å²) in [5.74, 6) is 1.92. The third kappa shape index (κ3) is 4.64. The van der Waals surface area contributed by atoms with Gasteiger partial charge in [-0.15, -0.1) is 0 Å². The van der Waals surface area contributed by atoms with Gasteiger partial charge in [-0.25, -0.2) is 4.98 Å². The van der Waals surface area contributed by atoms with Crippen molar-refractivity contribution < 1.29 is 23.7 Å². The lowest BCUT2D eigenvalue weighted by molar-refractivity contribution is 0.0857. The zero-order chi connectivity index (χ0) is 19.9. The molecule has 2 N–H and O–H groups in total. The van der Waals surface area contributed by atoms with E-state index >= 15 is 0 Å². The molecule has 8 nitrogen and oxygen atoms in total. The molecular formula is C20H25N3O5. The van der Waals surface area contributed by atoms with Crippen molar-refractivity contribution in [3.8, 4) is 17.2 Å². The first kappa shape index (κ1) is 19.8. The van der Waals surface area contributed by atoms with Crippen LogP contribution in [0, 0.1) is 0 Å². The number of nitrogens with one attached hydrogen (secondary N) is 2. The van der Waals surface area contributed by atoms with Gasteiger partial charge in [-0.2, -0.15) is 0 Å². The summed E-state index contributed by atoms with van der Waals surface area (Å²) in [5, 5.41) is 6.07. The molecule has 0 saturated carbocycles. The van der Waals surface area contributed by atoms with E-state index in [0.29, 0.717) is 40.9 Å². The highest BCUT2D eigenvalue weighted by Crippen LogP contribution is 2.40. The second kappa shape index (κ2) is 9.27. The maximum Gasteiger partial charge on any atom is 0.251 e. The number of methoxy groups -OCH3 is 3. The Hall–Kier alpha value is -3.00. The summed E-state index contributed by atoms with van der Waals surface area (Å²) in [6.45, 7) is 1.27. The van der Waals surface area contributed by atoms with E-state index in [9.17, 15) is 4.79 Å². The van der Waals surface area contributed by atoms with Gasteiger partial charge in [-0.3, -0.25) is 4.79 Å². The molecule has 2 aromatic rings. The fraction of sp³-hybridized carbons (Fsp3) is 0.400. The van der Waals surface area contributed by atoms with Gasteiger partial charge in [0.05, 0.1) is 27.4 Å². The molecule has 0 spiro atoms.